The van der Waals surface area contributed by atoms with Gasteiger partial charge in [0.25, 0.3) is 0 Å². The second kappa shape index (κ2) is 10.9. The molecule has 0 spiro atoms. The average Bonchev–Trinajstić information content (AvgIpc) is 3.02. The van der Waals surface area contributed by atoms with Crippen molar-refractivity contribution in [2.75, 3.05) is 13.6 Å². The Bertz CT molecular complexity index is 736. The minimum absolute atomic E-state index is 0. The third-order valence-electron chi connectivity index (χ3n) is 3.49. The van der Waals surface area contributed by atoms with Crippen molar-refractivity contribution in [1.82, 2.24) is 25.7 Å². The van der Waals surface area contributed by atoms with Crippen molar-refractivity contribution < 1.29 is 4.79 Å². The van der Waals surface area contributed by atoms with E-state index in [9.17, 15) is 4.79 Å². The Hall–Kier alpha value is -2.10. The summed E-state index contributed by atoms with van der Waals surface area (Å²) in [6.07, 6.45) is 3.83. The van der Waals surface area contributed by atoms with Crippen molar-refractivity contribution in [3.8, 4) is 0 Å². The lowest BCUT2D eigenvalue weighted by atomic mass is 10.1. The van der Waals surface area contributed by atoms with Gasteiger partial charge in [-0.3, -0.25) is 14.5 Å². The van der Waals surface area contributed by atoms with Gasteiger partial charge in [0, 0.05) is 30.9 Å². The molecule has 1 aromatic carbocycles. The summed E-state index contributed by atoms with van der Waals surface area (Å²) in [7, 11) is 1.68. The Labute approximate surface area is 178 Å². The van der Waals surface area contributed by atoms with Gasteiger partial charge in [0.1, 0.15) is 0 Å². The van der Waals surface area contributed by atoms with Crippen LogP contribution in [0.25, 0.3) is 0 Å². The van der Waals surface area contributed by atoms with Crippen molar-refractivity contribution in [3.05, 3.63) is 53.9 Å². The van der Waals surface area contributed by atoms with E-state index in [0.29, 0.717) is 12.5 Å². The van der Waals surface area contributed by atoms with Crippen molar-refractivity contribution >= 4 is 35.8 Å². The number of aromatic nitrogens is 2. The fraction of sp³-hybridized carbons (Fsp3) is 0.421. The maximum absolute atomic E-state index is 11.9. The summed E-state index contributed by atoms with van der Waals surface area (Å²) < 4.78 is 1.90. The molecule has 0 bridgehead atoms. The Balaban J connectivity index is 0.00000364. The van der Waals surface area contributed by atoms with Crippen LogP contribution in [0.3, 0.4) is 0 Å². The molecule has 0 aliphatic rings. The van der Waals surface area contributed by atoms with Crippen molar-refractivity contribution in [2.24, 2.45) is 4.99 Å². The highest BCUT2D eigenvalue weighted by molar-refractivity contribution is 14.0. The van der Waals surface area contributed by atoms with Crippen LogP contribution in [0, 0.1) is 0 Å². The highest BCUT2D eigenvalue weighted by Crippen LogP contribution is 2.04. The van der Waals surface area contributed by atoms with E-state index in [1.165, 1.54) is 5.56 Å². The van der Waals surface area contributed by atoms with Gasteiger partial charge in [-0.25, -0.2) is 0 Å². The van der Waals surface area contributed by atoms with Gasteiger partial charge in [-0.05, 0) is 26.3 Å². The summed E-state index contributed by atoms with van der Waals surface area (Å²) >= 11 is 0. The summed E-state index contributed by atoms with van der Waals surface area (Å²) in [5, 5.41) is 13.5. The molecule has 0 aliphatic carbocycles. The highest BCUT2D eigenvalue weighted by atomic mass is 127. The zero-order valence-electron chi connectivity index (χ0n) is 16.3. The molecule has 1 heterocycles. The van der Waals surface area contributed by atoms with E-state index in [2.05, 4.69) is 38.2 Å². The number of nitrogens with zero attached hydrogens (tertiary/aromatic N) is 3. The number of guanidine groups is 1. The molecule has 0 saturated heterocycles. The number of rotatable bonds is 6. The Morgan fingerprint density at radius 2 is 1.85 bits per heavy atom. The third-order valence-corrected chi connectivity index (χ3v) is 3.49. The van der Waals surface area contributed by atoms with Crippen LogP contribution >= 0.6 is 24.0 Å². The molecule has 0 saturated carbocycles. The summed E-state index contributed by atoms with van der Waals surface area (Å²) in [6.45, 7) is 7.33. The molecule has 1 amide bonds. The van der Waals surface area contributed by atoms with Crippen molar-refractivity contribution in [1.29, 1.82) is 0 Å². The second-order valence-electron chi connectivity index (χ2n) is 7.11. The van der Waals surface area contributed by atoms with E-state index >= 15 is 0 Å². The van der Waals surface area contributed by atoms with E-state index in [1.807, 2.05) is 56.0 Å². The molecular formula is C19H29IN6O. The monoisotopic (exact) mass is 484 g/mol. The van der Waals surface area contributed by atoms with Gasteiger partial charge >= 0.3 is 0 Å². The molecule has 0 atom stereocenters. The molecule has 0 unspecified atom stereocenters. The quantitative estimate of drug-likeness (QED) is 0.333. The summed E-state index contributed by atoms with van der Waals surface area (Å²) in [5.41, 5.74) is 2.00. The molecule has 0 radical (unpaired) electrons. The third kappa shape index (κ3) is 8.89. The first-order chi connectivity index (χ1) is 12.4. The number of nitrogens with one attached hydrogen (secondary N) is 3. The van der Waals surface area contributed by atoms with Crippen molar-refractivity contribution in [3.63, 3.8) is 0 Å². The van der Waals surface area contributed by atoms with Crippen LogP contribution in [0.15, 0.2) is 47.7 Å². The lowest BCUT2D eigenvalue weighted by Crippen LogP contribution is -2.48. The zero-order valence-corrected chi connectivity index (χ0v) is 18.7. The molecule has 3 N–H and O–H groups in total. The molecule has 2 aromatic rings. The van der Waals surface area contributed by atoms with E-state index in [-0.39, 0.29) is 42.0 Å². The van der Waals surface area contributed by atoms with Crippen LogP contribution in [0.1, 0.15) is 31.9 Å². The summed E-state index contributed by atoms with van der Waals surface area (Å²) in [5.74, 6) is 0.501. The lowest BCUT2D eigenvalue weighted by molar-refractivity contribution is -0.121. The van der Waals surface area contributed by atoms with Gasteiger partial charge in [0.15, 0.2) is 5.96 Å². The largest absolute Gasteiger partial charge is 0.352 e. The van der Waals surface area contributed by atoms with Gasteiger partial charge in [-0.1, -0.05) is 30.3 Å². The number of benzene rings is 1. The van der Waals surface area contributed by atoms with Crippen LogP contribution in [-0.4, -0.2) is 40.8 Å². The van der Waals surface area contributed by atoms with E-state index in [1.54, 1.807) is 7.05 Å². The minimum Gasteiger partial charge on any atom is -0.352 e. The highest BCUT2D eigenvalue weighted by Gasteiger charge is 2.13. The maximum atomic E-state index is 11.9. The number of amides is 1. The first-order valence-corrected chi connectivity index (χ1v) is 8.66. The van der Waals surface area contributed by atoms with Gasteiger partial charge in [-0.15, -0.1) is 24.0 Å². The number of halogens is 1. The normalized spacial score (nSPS) is 11.5. The van der Waals surface area contributed by atoms with Gasteiger partial charge in [0.2, 0.25) is 5.91 Å². The number of aliphatic imine (C=N–C) groups is 1. The Morgan fingerprint density at radius 3 is 2.48 bits per heavy atom. The fourth-order valence-electron chi connectivity index (χ4n) is 2.39. The molecule has 7 nitrogen and oxygen atoms in total. The Morgan fingerprint density at radius 1 is 1.15 bits per heavy atom. The van der Waals surface area contributed by atoms with E-state index in [0.717, 1.165) is 12.1 Å². The fourth-order valence-corrected chi connectivity index (χ4v) is 2.39. The molecule has 0 fully saturated rings. The van der Waals surface area contributed by atoms with E-state index < -0.39 is 0 Å². The van der Waals surface area contributed by atoms with Crippen LogP contribution in [0.2, 0.25) is 0 Å². The SMILES string of the molecule is CN=C(NCC(=O)NC(C)(C)C)NCc1cnn(Cc2ccccc2)c1.I. The predicted molar refractivity (Wildman–Crippen MR) is 119 cm³/mol. The first kappa shape index (κ1) is 22.9. The van der Waals surface area contributed by atoms with Crippen molar-refractivity contribution in [2.45, 2.75) is 39.4 Å². The first-order valence-electron chi connectivity index (χ1n) is 8.66. The molecule has 8 heteroatoms. The average molecular weight is 484 g/mol. The standard InChI is InChI=1S/C19H28N6O.HI/c1-19(2,3)24-17(26)12-22-18(20-4)21-10-16-11-23-25(14-16)13-15-8-6-5-7-9-15;/h5-9,11,14H,10,12-13H2,1-4H3,(H,24,26)(H2,20,21,22);1H. The van der Waals surface area contributed by atoms with E-state index in [4.69, 9.17) is 0 Å². The second-order valence-corrected chi connectivity index (χ2v) is 7.11. The van der Waals surface area contributed by atoms with Gasteiger partial charge < -0.3 is 16.0 Å². The minimum atomic E-state index is -0.247. The summed E-state index contributed by atoms with van der Waals surface area (Å²) in [6, 6.07) is 10.2. The van der Waals surface area contributed by atoms with Crippen LogP contribution in [0.4, 0.5) is 0 Å². The number of hydrogen-bond acceptors (Lipinski definition) is 3. The topological polar surface area (TPSA) is 83.3 Å². The smallest absolute Gasteiger partial charge is 0.239 e. The molecular weight excluding hydrogens is 455 g/mol. The maximum Gasteiger partial charge on any atom is 0.239 e. The van der Waals surface area contributed by atoms with Crippen LogP contribution in [-0.2, 0) is 17.9 Å². The molecule has 0 aliphatic heterocycles. The predicted octanol–water partition coefficient (Wildman–Crippen LogP) is 2.13. The molecule has 148 valence electrons. The molecule has 1 aromatic heterocycles. The van der Waals surface area contributed by atoms with Crippen LogP contribution < -0.4 is 16.0 Å². The zero-order chi connectivity index (χ0) is 19.0. The van der Waals surface area contributed by atoms with Gasteiger partial charge in [-0.2, -0.15) is 5.10 Å². The molecule has 2 rings (SSSR count). The number of hydrogen-bond donors (Lipinski definition) is 3. The summed E-state index contributed by atoms with van der Waals surface area (Å²) in [4.78, 5) is 16.0. The molecule has 27 heavy (non-hydrogen) atoms. The van der Waals surface area contributed by atoms with Crippen LogP contribution in [0.5, 0.6) is 0 Å². The Kier molecular flexibility index (Phi) is 9.27. The number of carbonyl (C=O) groups excluding carboxylic acids is 1. The van der Waals surface area contributed by atoms with Gasteiger partial charge in [0.05, 0.1) is 19.3 Å². The lowest BCUT2D eigenvalue weighted by Gasteiger charge is -2.21. The number of carbonyl (C=O) groups is 1.